The van der Waals surface area contributed by atoms with Gasteiger partial charge >= 0.3 is 0 Å². The second-order valence-corrected chi connectivity index (χ2v) is 4.35. The highest BCUT2D eigenvalue weighted by molar-refractivity contribution is 6.30. The van der Waals surface area contributed by atoms with Crippen LogP contribution in [0.5, 0.6) is 0 Å². The normalized spacial score (nSPS) is 11.1. The monoisotopic (exact) mass is 305 g/mol. The van der Waals surface area contributed by atoms with E-state index >= 15 is 0 Å². The zero-order valence-corrected chi connectivity index (χ0v) is 12.1. The van der Waals surface area contributed by atoms with Crippen LogP contribution in [0.1, 0.15) is 6.92 Å². The van der Waals surface area contributed by atoms with E-state index in [0.717, 1.165) is 0 Å². The third kappa shape index (κ3) is 6.42. The number of anilines is 1. The summed E-state index contributed by atoms with van der Waals surface area (Å²) in [5, 5.41) is 5.74. The van der Waals surface area contributed by atoms with Crippen LogP contribution in [0.25, 0.3) is 0 Å². The molecule has 0 heterocycles. The molecule has 0 aliphatic rings. The Morgan fingerprint density at radius 1 is 1.32 bits per heavy atom. The average Bonchev–Trinajstić information content (AvgIpc) is 2.37. The Bertz CT molecular complexity index is 423. The van der Waals surface area contributed by atoms with E-state index in [-0.39, 0.29) is 43.2 Å². The molecule has 0 aliphatic carbocycles. The van der Waals surface area contributed by atoms with E-state index in [4.69, 9.17) is 17.3 Å². The summed E-state index contributed by atoms with van der Waals surface area (Å²) in [7, 11) is 0. The minimum atomic E-state index is -0.298. The third-order valence-corrected chi connectivity index (χ3v) is 2.60. The van der Waals surface area contributed by atoms with Gasteiger partial charge in [0.05, 0.1) is 6.54 Å². The van der Waals surface area contributed by atoms with Gasteiger partial charge in [-0.3, -0.25) is 9.59 Å². The molecule has 0 aromatic heterocycles. The lowest BCUT2D eigenvalue weighted by molar-refractivity contribution is -0.126. The number of hydrogen-bond acceptors (Lipinski definition) is 3. The highest BCUT2D eigenvalue weighted by Crippen LogP contribution is 2.12. The number of benzene rings is 1. The van der Waals surface area contributed by atoms with Gasteiger partial charge in [-0.2, -0.15) is 0 Å². The van der Waals surface area contributed by atoms with Crippen LogP contribution in [0.4, 0.5) is 5.69 Å². The molecule has 1 aromatic carbocycles. The molecule has 0 saturated heterocycles. The van der Waals surface area contributed by atoms with Crippen molar-refractivity contribution in [2.75, 3.05) is 18.4 Å². The Labute approximate surface area is 123 Å². The molecule has 106 valence electrons. The number of carbonyl (C=O) groups is 2. The Morgan fingerprint density at radius 3 is 2.42 bits per heavy atom. The molecule has 0 spiro atoms. The molecule has 7 heteroatoms. The highest BCUT2D eigenvalue weighted by Gasteiger charge is 2.11. The zero-order valence-electron chi connectivity index (χ0n) is 10.5. The van der Waals surface area contributed by atoms with Gasteiger partial charge in [-0.1, -0.05) is 18.5 Å². The summed E-state index contributed by atoms with van der Waals surface area (Å²) in [6.07, 6.45) is 0. The maximum Gasteiger partial charge on any atom is 0.243 e. The lowest BCUT2D eigenvalue weighted by atomic mass is 10.2. The molecule has 0 radical (unpaired) electrons. The minimum absolute atomic E-state index is 0. The first-order valence-electron chi connectivity index (χ1n) is 5.56. The quantitative estimate of drug-likeness (QED) is 0.769. The van der Waals surface area contributed by atoms with Crippen molar-refractivity contribution in [2.45, 2.75) is 6.92 Å². The SMILES string of the molecule is CC(CN)C(=O)NCC(=O)Nc1ccc(Cl)cc1.Cl. The predicted octanol–water partition coefficient (Wildman–Crippen LogP) is 1.41. The van der Waals surface area contributed by atoms with Crippen molar-refractivity contribution in [3.05, 3.63) is 29.3 Å². The van der Waals surface area contributed by atoms with Gasteiger partial charge in [0.15, 0.2) is 0 Å². The first-order valence-corrected chi connectivity index (χ1v) is 5.94. The number of nitrogens with two attached hydrogens (primary N) is 1. The zero-order chi connectivity index (χ0) is 13.5. The molecule has 0 fully saturated rings. The number of halogens is 2. The van der Waals surface area contributed by atoms with Crippen LogP contribution in [0.2, 0.25) is 5.02 Å². The largest absolute Gasteiger partial charge is 0.347 e. The van der Waals surface area contributed by atoms with Gasteiger partial charge in [0.2, 0.25) is 11.8 Å². The molecule has 0 saturated carbocycles. The fourth-order valence-electron chi connectivity index (χ4n) is 1.19. The summed E-state index contributed by atoms with van der Waals surface area (Å²) in [6, 6.07) is 6.72. The molecular formula is C12H17Cl2N3O2. The minimum Gasteiger partial charge on any atom is -0.347 e. The summed E-state index contributed by atoms with van der Waals surface area (Å²) in [5.41, 5.74) is 5.97. The predicted molar refractivity (Wildman–Crippen MR) is 78.6 cm³/mol. The fourth-order valence-corrected chi connectivity index (χ4v) is 1.31. The average molecular weight is 306 g/mol. The van der Waals surface area contributed by atoms with E-state index in [0.29, 0.717) is 10.7 Å². The molecule has 1 unspecified atom stereocenters. The number of nitrogens with one attached hydrogen (secondary N) is 2. The Hall–Kier alpha value is -1.30. The van der Waals surface area contributed by atoms with E-state index < -0.39 is 0 Å². The van der Waals surface area contributed by atoms with E-state index in [2.05, 4.69) is 10.6 Å². The number of carbonyl (C=O) groups excluding carboxylic acids is 2. The molecular weight excluding hydrogens is 289 g/mol. The van der Waals surface area contributed by atoms with Crippen molar-refractivity contribution in [1.29, 1.82) is 0 Å². The van der Waals surface area contributed by atoms with Crippen LogP contribution < -0.4 is 16.4 Å². The van der Waals surface area contributed by atoms with Crippen LogP contribution in [-0.2, 0) is 9.59 Å². The van der Waals surface area contributed by atoms with Crippen molar-refractivity contribution >= 4 is 41.5 Å². The van der Waals surface area contributed by atoms with Gasteiger partial charge in [-0.25, -0.2) is 0 Å². The Morgan fingerprint density at radius 2 is 1.89 bits per heavy atom. The van der Waals surface area contributed by atoms with Gasteiger partial charge in [0.25, 0.3) is 0 Å². The molecule has 0 bridgehead atoms. The van der Waals surface area contributed by atoms with Gasteiger partial charge in [0, 0.05) is 23.2 Å². The number of amides is 2. The van der Waals surface area contributed by atoms with Gasteiger partial charge in [-0.15, -0.1) is 12.4 Å². The summed E-state index contributed by atoms with van der Waals surface area (Å²) in [4.78, 5) is 22.9. The lowest BCUT2D eigenvalue weighted by Crippen LogP contribution is -2.38. The maximum absolute atomic E-state index is 11.5. The third-order valence-electron chi connectivity index (χ3n) is 2.35. The van der Waals surface area contributed by atoms with Crippen molar-refractivity contribution in [2.24, 2.45) is 11.7 Å². The second kappa shape index (κ2) is 8.74. The molecule has 1 rings (SSSR count). The van der Waals surface area contributed by atoms with E-state index in [9.17, 15) is 9.59 Å². The standard InChI is InChI=1S/C12H16ClN3O2.ClH/c1-8(6-14)12(18)15-7-11(17)16-10-4-2-9(13)3-5-10;/h2-5,8H,6-7,14H2,1H3,(H,15,18)(H,16,17);1H. The second-order valence-electron chi connectivity index (χ2n) is 3.91. The number of rotatable bonds is 5. The van der Waals surface area contributed by atoms with Crippen LogP contribution in [0.3, 0.4) is 0 Å². The summed E-state index contributed by atoms with van der Waals surface area (Å²) >= 11 is 5.72. The van der Waals surface area contributed by atoms with Gasteiger partial charge in [-0.05, 0) is 24.3 Å². The highest BCUT2D eigenvalue weighted by atomic mass is 35.5. The first kappa shape index (κ1) is 17.7. The Balaban J connectivity index is 0.00000324. The van der Waals surface area contributed by atoms with Crippen LogP contribution in [-0.4, -0.2) is 24.9 Å². The maximum atomic E-state index is 11.5. The lowest BCUT2D eigenvalue weighted by Gasteiger charge is -2.10. The number of hydrogen-bond donors (Lipinski definition) is 3. The van der Waals surface area contributed by atoms with E-state index in [1.807, 2.05) is 0 Å². The summed E-state index contributed by atoms with van der Waals surface area (Å²) in [5.74, 6) is -0.827. The van der Waals surface area contributed by atoms with Crippen LogP contribution in [0, 0.1) is 5.92 Å². The molecule has 0 aliphatic heterocycles. The molecule has 1 aromatic rings. The first-order chi connectivity index (χ1) is 8.52. The van der Waals surface area contributed by atoms with E-state index in [1.54, 1.807) is 31.2 Å². The van der Waals surface area contributed by atoms with Crippen LogP contribution in [0.15, 0.2) is 24.3 Å². The van der Waals surface area contributed by atoms with Gasteiger partial charge < -0.3 is 16.4 Å². The van der Waals surface area contributed by atoms with Gasteiger partial charge in [0.1, 0.15) is 0 Å². The van der Waals surface area contributed by atoms with Crippen molar-refractivity contribution in [1.82, 2.24) is 5.32 Å². The topological polar surface area (TPSA) is 84.2 Å². The molecule has 5 nitrogen and oxygen atoms in total. The Kier molecular flexibility index (Phi) is 8.14. The fraction of sp³-hybridized carbons (Fsp3) is 0.333. The van der Waals surface area contributed by atoms with Crippen molar-refractivity contribution in [3.63, 3.8) is 0 Å². The van der Waals surface area contributed by atoms with Crippen molar-refractivity contribution < 1.29 is 9.59 Å². The molecule has 2 amide bonds. The van der Waals surface area contributed by atoms with E-state index in [1.165, 1.54) is 0 Å². The smallest absolute Gasteiger partial charge is 0.243 e. The molecule has 19 heavy (non-hydrogen) atoms. The summed E-state index contributed by atoms with van der Waals surface area (Å²) < 4.78 is 0. The van der Waals surface area contributed by atoms with Crippen molar-refractivity contribution in [3.8, 4) is 0 Å². The molecule has 4 N–H and O–H groups in total. The molecule has 1 atom stereocenters. The van der Waals surface area contributed by atoms with Crippen LogP contribution >= 0.6 is 24.0 Å². The summed E-state index contributed by atoms with van der Waals surface area (Å²) in [6.45, 7) is 1.88.